The minimum Gasteiger partial charge on any atom is -0.497 e. The van der Waals surface area contributed by atoms with Gasteiger partial charge in [0.1, 0.15) is 5.75 Å². The zero-order chi connectivity index (χ0) is 21.0. The SMILES string of the molecule is CCn1cc(C(=O)NCc2cccc(OC)c2)c2cc(OC)c(OC)cc2c1=O. The van der Waals surface area contributed by atoms with E-state index in [4.69, 9.17) is 14.2 Å². The Morgan fingerprint density at radius 1 is 1.00 bits per heavy atom. The predicted molar refractivity (Wildman–Crippen MR) is 111 cm³/mol. The molecule has 0 saturated carbocycles. The van der Waals surface area contributed by atoms with Gasteiger partial charge in [-0.05, 0) is 36.8 Å². The first kappa shape index (κ1) is 20.3. The number of carbonyl (C=O) groups excluding carboxylic acids is 1. The second-order valence-electron chi connectivity index (χ2n) is 6.42. The number of methoxy groups -OCH3 is 3. The highest BCUT2D eigenvalue weighted by Crippen LogP contribution is 2.32. The molecule has 0 aliphatic rings. The molecule has 0 aliphatic carbocycles. The highest BCUT2D eigenvalue weighted by atomic mass is 16.5. The number of fused-ring (bicyclic) bond motifs is 1. The van der Waals surface area contributed by atoms with E-state index < -0.39 is 0 Å². The Bertz CT molecular complexity index is 1100. The van der Waals surface area contributed by atoms with Crippen molar-refractivity contribution in [3.8, 4) is 17.2 Å². The second-order valence-corrected chi connectivity index (χ2v) is 6.42. The van der Waals surface area contributed by atoms with Gasteiger partial charge in [0.2, 0.25) is 0 Å². The first-order valence-electron chi connectivity index (χ1n) is 9.22. The Kier molecular flexibility index (Phi) is 6.07. The Hall–Kier alpha value is -3.48. The van der Waals surface area contributed by atoms with Gasteiger partial charge in [0.15, 0.2) is 11.5 Å². The van der Waals surface area contributed by atoms with E-state index in [0.29, 0.717) is 40.9 Å². The molecule has 7 heteroatoms. The molecule has 0 saturated heterocycles. The van der Waals surface area contributed by atoms with E-state index in [9.17, 15) is 9.59 Å². The van der Waals surface area contributed by atoms with Crippen LogP contribution in [-0.4, -0.2) is 31.8 Å². The lowest BCUT2D eigenvalue weighted by Crippen LogP contribution is -2.27. The topological polar surface area (TPSA) is 78.8 Å². The van der Waals surface area contributed by atoms with Crippen molar-refractivity contribution >= 4 is 16.7 Å². The number of nitrogens with zero attached hydrogens (tertiary/aromatic N) is 1. The lowest BCUT2D eigenvalue weighted by molar-refractivity contribution is 0.0951. The number of nitrogens with one attached hydrogen (secondary N) is 1. The smallest absolute Gasteiger partial charge is 0.258 e. The number of carbonyl (C=O) groups is 1. The van der Waals surface area contributed by atoms with E-state index in [1.807, 2.05) is 31.2 Å². The van der Waals surface area contributed by atoms with E-state index in [1.54, 1.807) is 25.4 Å². The molecule has 0 aliphatic heterocycles. The Morgan fingerprint density at radius 2 is 1.69 bits per heavy atom. The zero-order valence-corrected chi connectivity index (χ0v) is 16.9. The summed E-state index contributed by atoms with van der Waals surface area (Å²) in [5.41, 5.74) is 1.11. The summed E-state index contributed by atoms with van der Waals surface area (Å²) in [4.78, 5) is 25.8. The average Bonchev–Trinajstić information content (AvgIpc) is 2.77. The number of amides is 1. The summed E-state index contributed by atoms with van der Waals surface area (Å²) in [7, 11) is 4.62. The Labute approximate surface area is 168 Å². The van der Waals surface area contributed by atoms with Crippen LogP contribution in [0.1, 0.15) is 22.8 Å². The largest absolute Gasteiger partial charge is 0.497 e. The van der Waals surface area contributed by atoms with Crippen molar-refractivity contribution < 1.29 is 19.0 Å². The molecular formula is C22H24N2O5. The molecule has 0 atom stereocenters. The Morgan fingerprint density at radius 3 is 2.31 bits per heavy atom. The summed E-state index contributed by atoms with van der Waals surface area (Å²) in [6.07, 6.45) is 1.58. The van der Waals surface area contributed by atoms with Crippen LogP contribution in [0.4, 0.5) is 0 Å². The van der Waals surface area contributed by atoms with Gasteiger partial charge < -0.3 is 24.1 Å². The van der Waals surface area contributed by atoms with Crippen LogP contribution in [-0.2, 0) is 13.1 Å². The van der Waals surface area contributed by atoms with Crippen molar-refractivity contribution in [2.75, 3.05) is 21.3 Å². The highest BCUT2D eigenvalue weighted by molar-refractivity contribution is 6.07. The lowest BCUT2D eigenvalue weighted by atomic mass is 10.1. The monoisotopic (exact) mass is 396 g/mol. The number of rotatable bonds is 7. The number of hydrogen-bond donors (Lipinski definition) is 1. The van der Waals surface area contributed by atoms with Crippen LogP contribution in [0.3, 0.4) is 0 Å². The number of pyridine rings is 1. The molecule has 1 aromatic heterocycles. The van der Waals surface area contributed by atoms with Crippen molar-refractivity contribution in [1.29, 1.82) is 0 Å². The number of ether oxygens (including phenoxy) is 3. The van der Waals surface area contributed by atoms with E-state index >= 15 is 0 Å². The molecule has 0 spiro atoms. The fourth-order valence-electron chi connectivity index (χ4n) is 3.19. The molecule has 1 N–H and O–H groups in total. The van der Waals surface area contributed by atoms with Crippen LogP contribution in [0, 0.1) is 0 Å². The first-order chi connectivity index (χ1) is 14.0. The van der Waals surface area contributed by atoms with Gasteiger partial charge in [-0.25, -0.2) is 0 Å². The molecule has 1 amide bonds. The third-order valence-corrected chi connectivity index (χ3v) is 4.76. The standard InChI is InChI=1S/C22H24N2O5/c1-5-24-13-18(21(25)23-12-14-7-6-8-15(9-14)27-2)16-10-19(28-3)20(29-4)11-17(16)22(24)26/h6-11,13H,5,12H2,1-4H3,(H,23,25). The minimum absolute atomic E-state index is 0.187. The maximum absolute atomic E-state index is 13.0. The zero-order valence-electron chi connectivity index (χ0n) is 16.9. The summed E-state index contributed by atoms with van der Waals surface area (Å²) >= 11 is 0. The number of benzene rings is 2. The molecule has 3 aromatic rings. The normalized spacial score (nSPS) is 10.6. The summed E-state index contributed by atoms with van der Waals surface area (Å²) < 4.78 is 17.4. The van der Waals surface area contributed by atoms with Gasteiger partial charge >= 0.3 is 0 Å². The van der Waals surface area contributed by atoms with Gasteiger partial charge in [0.25, 0.3) is 11.5 Å². The van der Waals surface area contributed by atoms with Crippen LogP contribution in [0.5, 0.6) is 17.2 Å². The van der Waals surface area contributed by atoms with E-state index in [2.05, 4.69) is 5.32 Å². The Balaban J connectivity index is 2.03. The minimum atomic E-state index is -0.285. The molecule has 152 valence electrons. The fraction of sp³-hybridized carbons (Fsp3) is 0.273. The number of hydrogen-bond acceptors (Lipinski definition) is 5. The molecule has 7 nitrogen and oxygen atoms in total. The molecule has 0 unspecified atom stereocenters. The molecular weight excluding hydrogens is 372 g/mol. The third kappa shape index (κ3) is 4.03. The van der Waals surface area contributed by atoms with Gasteiger partial charge in [-0.3, -0.25) is 9.59 Å². The van der Waals surface area contributed by atoms with E-state index in [-0.39, 0.29) is 11.5 Å². The summed E-state index contributed by atoms with van der Waals surface area (Å²) in [5, 5.41) is 3.83. The molecule has 0 fully saturated rings. The van der Waals surface area contributed by atoms with E-state index in [0.717, 1.165) is 11.3 Å². The molecule has 2 aromatic carbocycles. The van der Waals surface area contributed by atoms with Crippen LogP contribution in [0.15, 0.2) is 47.4 Å². The van der Waals surface area contributed by atoms with Gasteiger partial charge in [-0.1, -0.05) is 12.1 Å². The van der Waals surface area contributed by atoms with Crippen LogP contribution in [0.2, 0.25) is 0 Å². The molecule has 0 bridgehead atoms. The third-order valence-electron chi connectivity index (χ3n) is 4.76. The molecule has 29 heavy (non-hydrogen) atoms. The van der Waals surface area contributed by atoms with Crippen molar-refractivity contribution in [3.05, 3.63) is 64.1 Å². The fourth-order valence-corrected chi connectivity index (χ4v) is 3.19. The van der Waals surface area contributed by atoms with Gasteiger partial charge in [0.05, 0.1) is 32.3 Å². The highest BCUT2D eigenvalue weighted by Gasteiger charge is 2.18. The van der Waals surface area contributed by atoms with Crippen molar-refractivity contribution in [2.45, 2.75) is 20.0 Å². The summed E-state index contributed by atoms with van der Waals surface area (Å²) in [5.74, 6) is 1.33. The second kappa shape index (κ2) is 8.68. The van der Waals surface area contributed by atoms with Crippen LogP contribution < -0.4 is 25.1 Å². The van der Waals surface area contributed by atoms with Gasteiger partial charge in [0, 0.05) is 24.7 Å². The van der Waals surface area contributed by atoms with Crippen molar-refractivity contribution in [1.82, 2.24) is 9.88 Å². The maximum Gasteiger partial charge on any atom is 0.258 e. The average molecular weight is 396 g/mol. The predicted octanol–water partition coefficient (Wildman–Crippen LogP) is 2.98. The lowest BCUT2D eigenvalue weighted by Gasteiger charge is -2.14. The number of aryl methyl sites for hydroxylation is 1. The van der Waals surface area contributed by atoms with Crippen LogP contribution >= 0.6 is 0 Å². The van der Waals surface area contributed by atoms with Gasteiger partial charge in [-0.2, -0.15) is 0 Å². The quantitative estimate of drug-likeness (QED) is 0.664. The van der Waals surface area contributed by atoms with Crippen molar-refractivity contribution in [3.63, 3.8) is 0 Å². The van der Waals surface area contributed by atoms with E-state index in [1.165, 1.54) is 18.8 Å². The first-order valence-corrected chi connectivity index (χ1v) is 9.22. The van der Waals surface area contributed by atoms with Gasteiger partial charge in [-0.15, -0.1) is 0 Å². The van der Waals surface area contributed by atoms with Crippen LogP contribution in [0.25, 0.3) is 10.8 Å². The molecule has 3 rings (SSSR count). The summed E-state index contributed by atoms with van der Waals surface area (Å²) in [6.45, 7) is 2.63. The summed E-state index contributed by atoms with van der Waals surface area (Å²) in [6, 6.07) is 10.7. The molecule has 0 radical (unpaired) electrons. The molecule has 1 heterocycles. The number of aromatic nitrogens is 1. The van der Waals surface area contributed by atoms with Crippen molar-refractivity contribution in [2.24, 2.45) is 0 Å². The maximum atomic E-state index is 13.0.